The van der Waals surface area contributed by atoms with Gasteiger partial charge in [-0.1, -0.05) is 0 Å². The van der Waals surface area contributed by atoms with Crippen LogP contribution in [0.5, 0.6) is 0 Å². The van der Waals surface area contributed by atoms with E-state index < -0.39 is 16.1 Å². The van der Waals surface area contributed by atoms with E-state index in [0.29, 0.717) is 5.69 Å². The zero-order chi connectivity index (χ0) is 15.7. The first-order chi connectivity index (χ1) is 9.06. The number of nitrogen functional groups attached to an aromatic ring is 1. The fourth-order valence-electron chi connectivity index (χ4n) is 1.75. The number of nitrogens with zero attached hydrogens (tertiary/aromatic N) is 1. The molecular weight excluding hydrogens is 278 g/mol. The van der Waals surface area contributed by atoms with Crippen molar-refractivity contribution in [3.05, 3.63) is 23.3 Å². The lowest BCUT2D eigenvalue weighted by atomic mass is 10.1. The Hall–Kier alpha value is -1.60. The van der Waals surface area contributed by atoms with E-state index in [1.807, 2.05) is 6.92 Å². The smallest absolute Gasteiger partial charge is 0.241 e. The predicted octanol–water partition coefficient (Wildman–Crippen LogP) is 0.641. The number of carbonyl (C=O) groups excluding carboxylic acids is 1. The van der Waals surface area contributed by atoms with Crippen molar-refractivity contribution in [2.75, 3.05) is 19.8 Å². The summed E-state index contributed by atoms with van der Waals surface area (Å²) in [6, 6.07) is 2.11. The van der Waals surface area contributed by atoms with Gasteiger partial charge >= 0.3 is 0 Å². The van der Waals surface area contributed by atoms with Crippen molar-refractivity contribution < 1.29 is 13.2 Å². The molecule has 0 aliphatic heterocycles. The van der Waals surface area contributed by atoms with Gasteiger partial charge in [0.1, 0.15) is 0 Å². The summed E-state index contributed by atoms with van der Waals surface area (Å²) in [4.78, 5) is 13.1. The summed E-state index contributed by atoms with van der Waals surface area (Å²) in [6.07, 6.45) is 0. The second-order valence-corrected chi connectivity index (χ2v) is 6.74. The molecule has 1 rings (SSSR count). The van der Waals surface area contributed by atoms with Crippen LogP contribution in [0.3, 0.4) is 0 Å². The molecule has 0 saturated heterocycles. The number of rotatable bonds is 4. The third-order valence-corrected chi connectivity index (χ3v) is 4.65. The highest BCUT2D eigenvalue weighted by atomic mass is 32.2. The fraction of sp³-hybridized carbons (Fsp3) is 0.462. The maximum atomic E-state index is 12.2. The van der Waals surface area contributed by atoms with Crippen molar-refractivity contribution >= 4 is 21.6 Å². The van der Waals surface area contributed by atoms with Gasteiger partial charge in [0.05, 0.1) is 10.9 Å². The second kappa shape index (κ2) is 5.80. The summed E-state index contributed by atoms with van der Waals surface area (Å²) < 4.78 is 26.8. The molecule has 20 heavy (non-hydrogen) atoms. The van der Waals surface area contributed by atoms with Crippen LogP contribution in [0.1, 0.15) is 18.1 Å². The maximum Gasteiger partial charge on any atom is 0.241 e. The first-order valence-electron chi connectivity index (χ1n) is 6.16. The topological polar surface area (TPSA) is 92.5 Å². The molecule has 0 aromatic heterocycles. The molecule has 0 fully saturated rings. The quantitative estimate of drug-likeness (QED) is 0.798. The highest BCUT2D eigenvalue weighted by molar-refractivity contribution is 7.89. The molecule has 1 aromatic carbocycles. The van der Waals surface area contributed by atoms with E-state index in [1.165, 1.54) is 17.9 Å². The largest absolute Gasteiger partial charge is 0.398 e. The van der Waals surface area contributed by atoms with Gasteiger partial charge in [-0.2, -0.15) is 4.72 Å². The van der Waals surface area contributed by atoms with Crippen molar-refractivity contribution in [3.63, 3.8) is 0 Å². The Labute approximate surface area is 120 Å². The van der Waals surface area contributed by atoms with Gasteiger partial charge in [0.15, 0.2) is 0 Å². The van der Waals surface area contributed by atoms with Crippen LogP contribution in [0.15, 0.2) is 17.0 Å². The Bertz CT molecular complexity index is 601. The number of hydrogen-bond acceptors (Lipinski definition) is 4. The minimum atomic E-state index is -3.78. The summed E-state index contributed by atoms with van der Waals surface area (Å²) in [5.41, 5.74) is 7.84. The molecule has 0 saturated carbocycles. The third kappa shape index (κ3) is 3.49. The van der Waals surface area contributed by atoms with Crippen LogP contribution in [-0.2, 0) is 14.8 Å². The molecule has 6 nitrogen and oxygen atoms in total. The summed E-state index contributed by atoms with van der Waals surface area (Å²) in [6.45, 7) is 5.12. The van der Waals surface area contributed by atoms with E-state index in [0.717, 1.165) is 11.1 Å². The van der Waals surface area contributed by atoms with Gasteiger partial charge in [-0.3, -0.25) is 4.79 Å². The molecule has 1 atom stereocenters. The highest BCUT2D eigenvalue weighted by Crippen LogP contribution is 2.21. The van der Waals surface area contributed by atoms with Crippen LogP contribution >= 0.6 is 0 Å². The number of benzene rings is 1. The summed E-state index contributed by atoms with van der Waals surface area (Å²) in [7, 11) is -0.636. The van der Waals surface area contributed by atoms with Gasteiger partial charge < -0.3 is 10.6 Å². The maximum absolute atomic E-state index is 12.2. The van der Waals surface area contributed by atoms with Crippen molar-refractivity contribution in [2.45, 2.75) is 31.7 Å². The third-order valence-electron chi connectivity index (χ3n) is 3.13. The monoisotopic (exact) mass is 299 g/mol. The lowest BCUT2D eigenvalue weighted by molar-refractivity contribution is -0.130. The van der Waals surface area contributed by atoms with Gasteiger partial charge in [-0.05, 0) is 44.0 Å². The van der Waals surface area contributed by atoms with Crippen molar-refractivity contribution in [3.8, 4) is 0 Å². The van der Waals surface area contributed by atoms with Gasteiger partial charge in [0.2, 0.25) is 15.9 Å². The molecule has 1 aromatic rings. The van der Waals surface area contributed by atoms with Crippen LogP contribution in [0.4, 0.5) is 5.69 Å². The van der Waals surface area contributed by atoms with Gasteiger partial charge in [0, 0.05) is 19.8 Å². The molecule has 0 spiro atoms. The SMILES string of the molecule is Cc1cc(S(=O)(=O)NC(C)C(=O)N(C)C)cc(N)c1C. The Morgan fingerprint density at radius 1 is 1.30 bits per heavy atom. The van der Waals surface area contributed by atoms with Crippen LogP contribution in [-0.4, -0.2) is 39.4 Å². The lowest BCUT2D eigenvalue weighted by Gasteiger charge is -2.18. The molecule has 0 radical (unpaired) electrons. The van der Waals surface area contributed by atoms with Crippen LogP contribution < -0.4 is 10.5 Å². The van der Waals surface area contributed by atoms with Gasteiger partial charge in [0.25, 0.3) is 0 Å². The number of anilines is 1. The summed E-state index contributed by atoms with van der Waals surface area (Å²) in [5, 5.41) is 0. The molecule has 112 valence electrons. The van der Waals surface area contributed by atoms with E-state index in [9.17, 15) is 13.2 Å². The average Bonchev–Trinajstić information content (AvgIpc) is 2.33. The zero-order valence-corrected chi connectivity index (χ0v) is 13.2. The minimum absolute atomic E-state index is 0.0662. The van der Waals surface area contributed by atoms with E-state index >= 15 is 0 Å². The zero-order valence-electron chi connectivity index (χ0n) is 12.4. The number of amides is 1. The van der Waals surface area contributed by atoms with E-state index in [-0.39, 0.29) is 10.8 Å². The molecule has 3 N–H and O–H groups in total. The Morgan fingerprint density at radius 3 is 2.30 bits per heavy atom. The minimum Gasteiger partial charge on any atom is -0.398 e. The first kappa shape index (κ1) is 16.5. The number of aryl methyl sites for hydroxylation is 1. The molecule has 0 bridgehead atoms. The number of hydrogen-bond donors (Lipinski definition) is 2. The number of sulfonamides is 1. The van der Waals surface area contributed by atoms with Crippen molar-refractivity contribution in [2.24, 2.45) is 0 Å². The molecule has 1 unspecified atom stereocenters. The van der Waals surface area contributed by atoms with Crippen molar-refractivity contribution in [1.82, 2.24) is 9.62 Å². The Kier molecular flexibility index (Phi) is 4.77. The van der Waals surface area contributed by atoms with Crippen LogP contribution in [0.2, 0.25) is 0 Å². The number of nitrogens with two attached hydrogens (primary N) is 1. The first-order valence-corrected chi connectivity index (χ1v) is 7.64. The van der Waals surface area contributed by atoms with E-state index in [4.69, 9.17) is 5.73 Å². The Balaban J connectivity index is 3.09. The molecule has 0 aliphatic rings. The predicted molar refractivity (Wildman–Crippen MR) is 78.8 cm³/mol. The molecule has 1 amide bonds. The standard InChI is InChI=1S/C13H21N3O3S/c1-8-6-11(7-12(14)9(8)2)20(18,19)15-10(3)13(17)16(4)5/h6-7,10,15H,14H2,1-5H3. The fourth-order valence-corrected chi connectivity index (χ4v) is 3.06. The number of nitrogens with one attached hydrogen (secondary N) is 1. The number of likely N-dealkylation sites (N-methyl/N-ethyl adjacent to an activating group) is 1. The van der Waals surface area contributed by atoms with Crippen LogP contribution in [0.25, 0.3) is 0 Å². The molecule has 7 heteroatoms. The van der Waals surface area contributed by atoms with Crippen LogP contribution in [0, 0.1) is 13.8 Å². The summed E-state index contributed by atoms with van der Waals surface area (Å²) >= 11 is 0. The number of carbonyl (C=O) groups is 1. The Morgan fingerprint density at radius 2 is 1.85 bits per heavy atom. The van der Waals surface area contributed by atoms with E-state index in [1.54, 1.807) is 27.1 Å². The lowest BCUT2D eigenvalue weighted by Crippen LogP contribution is -2.44. The normalized spacial score (nSPS) is 13.1. The van der Waals surface area contributed by atoms with Crippen molar-refractivity contribution in [1.29, 1.82) is 0 Å². The molecule has 0 heterocycles. The summed E-state index contributed by atoms with van der Waals surface area (Å²) in [5.74, 6) is -0.314. The van der Waals surface area contributed by atoms with E-state index in [2.05, 4.69) is 4.72 Å². The molecule has 0 aliphatic carbocycles. The van der Waals surface area contributed by atoms with Gasteiger partial charge in [-0.15, -0.1) is 0 Å². The molecular formula is C13H21N3O3S. The van der Waals surface area contributed by atoms with Gasteiger partial charge in [-0.25, -0.2) is 8.42 Å². The highest BCUT2D eigenvalue weighted by Gasteiger charge is 2.23. The average molecular weight is 299 g/mol. The second-order valence-electron chi connectivity index (χ2n) is 5.03.